The molecule has 4 saturated heterocycles. The van der Waals surface area contributed by atoms with E-state index in [1.807, 2.05) is 0 Å². The van der Waals surface area contributed by atoms with Crippen LogP contribution in [-0.4, -0.2) is 289 Å². The second kappa shape index (κ2) is 32.0. The van der Waals surface area contributed by atoms with E-state index < -0.39 is 221 Å². The summed E-state index contributed by atoms with van der Waals surface area (Å²) in [6.07, 6.45) is -21.9. The van der Waals surface area contributed by atoms with Crippen molar-refractivity contribution in [1.29, 1.82) is 0 Å². The van der Waals surface area contributed by atoms with E-state index in [1.165, 1.54) is 21.0 Å². The minimum absolute atomic E-state index is 0.150. The largest absolute Gasteiger partial charge is 0.479 e. The lowest BCUT2D eigenvalue weighted by Gasteiger charge is -2.47. The van der Waals surface area contributed by atoms with Crippen LogP contribution in [0.4, 0.5) is 0 Å². The summed E-state index contributed by atoms with van der Waals surface area (Å²) in [5.74, 6) is -9.84. The Morgan fingerprint density at radius 3 is 1.43 bits per heavy atom. The number of nitrogens with one attached hydrogen (secondary N) is 1. The van der Waals surface area contributed by atoms with Gasteiger partial charge in [0, 0.05) is 76.9 Å². The first-order valence-electron chi connectivity index (χ1n) is 27.0. The fraction of sp³-hybridized carbons (Fsp3) is 0.902. The summed E-state index contributed by atoms with van der Waals surface area (Å²) in [4.78, 5) is 61.3. The average Bonchev–Trinajstić information content (AvgIpc) is 3.40. The molecule has 29 heteroatoms. The zero-order valence-electron chi connectivity index (χ0n) is 45.9. The number of amides is 1. The number of aliphatic carboxylic acids is 1. The Kier molecular flexibility index (Phi) is 27.0. The Balaban J connectivity index is 1.23. The summed E-state index contributed by atoms with van der Waals surface area (Å²) in [6, 6.07) is -1.09. The number of aliphatic hydroxyl groups excluding tert-OH is 10. The molecule has 1 amide bonds. The molecular weight excluding hydrogens is 1070 g/mol. The Morgan fingerprint density at radius 1 is 0.450 bits per heavy atom. The van der Waals surface area contributed by atoms with E-state index in [0.29, 0.717) is 6.42 Å². The van der Waals surface area contributed by atoms with Crippen LogP contribution in [0.25, 0.3) is 0 Å². The Morgan fingerprint density at radius 2 is 0.912 bits per heavy atom. The Labute approximate surface area is 462 Å². The molecule has 5 rings (SSSR count). The number of rotatable bonds is 28. The van der Waals surface area contributed by atoms with Crippen LogP contribution in [-0.2, 0) is 80.8 Å². The number of carboxylic acids is 1. The molecule has 0 spiro atoms. The molecule has 1 aliphatic carbocycles. The van der Waals surface area contributed by atoms with Gasteiger partial charge in [-0.15, -0.1) is 0 Å². The maximum Gasteiger partial charge on any atom is 0.333 e. The maximum atomic E-state index is 12.8. The van der Waals surface area contributed by atoms with Crippen molar-refractivity contribution >= 4 is 29.8 Å². The highest BCUT2D eigenvalue weighted by atomic mass is 16.6. The third-order valence-corrected chi connectivity index (χ3v) is 15.8. The van der Waals surface area contributed by atoms with Crippen LogP contribution < -0.4 is 5.32 Å². The van der Waals surface area contributed by atoms with Gasteiger partial charge in [0.15, 0.2) is 6.10 Å². The molecule has 0 aromatic rings. The number of methoxy groups -OCH3 is 1. The van der Waals surface area contributed by atoms with E-state index in [1.54, 1.807) is 6.92 Å². The van der Waals surface area contributed by atoms with Crippen molar-refractivity contribution < 1.29 is 137 Å². The molecule has 1 saturated carbocycles. The molecular formula is C51H85NO28. The van der Waals surface area contributed by atoms with E-state index in [0.717, 1.165) is 13.8 Å². The number of hydrogen-bond donors (Lipinski definition) is 12. The number of carboxylic acid groups (broad SMARTS) is 1. The molecule has 0 radical (unpaired) electrons. The highest BCUT2D eigenvalue weighted by molar-refractivity contribution is 5.74. The number of aliphatic hydroxyl groups is 10. The van der Waals surface area contributed by atoms with Gasteiger partial charge in [-0.3, -0.25) is 19.2 Å². The van der Waals surface area contributed by atoms with Crippen LogP contribution in [0.1, 0.15) is 47.5 Å². The summed E-state index contributed by atoms with van der Waals surface area (Å²) in [5.41, 5.74) is 0. The van der Waals surface area contributed by atoms with Gasteiger partial charge in [-0.05, 0) is 18.8 Å². The van der Waals surface area contributed by atoms with Gasteiger partial charge in [-0.1, -0.05) is 6.92 Å². The predicted molar refractivity (Wildman–Crippen MR) is 265 cm³/mol. The van der Waals surface area contributed by atoms with Gasteiger partial charge in [0.25, 0.3) is 0 Å². The lowest BCUT2D eigenvalue weighted by Crippen LogP contribution is -2.64. The summed E-state index contributed by atoms with van der Waals surface area (Å²) in [6.45, 7) is 1.10. The van der Waals surface area contributed by atoms with Crippen molar-refractivity contribution in [3.63, 3.8) is 0 Å². The summed E-state index contributed by atoms with van der Waals surface area (Å²) >= 11 is 0. The van der Waals surface area contributed by atoms with Gasteiger partial charge in [-0.2, -0.15) is 0 Å². The second-order valence-electron chi connectivity index (χ2n) is 21.3. The smallest absolute Gasteiger partial charge is 0.333 e. The zero-order chi connectivity index (χ0) is 59.1. The van der Waals surface area contributed by atoms with E-state index in [2.05, 4.69) is 5.32 Å². The molecule has 12 N–H and O–H groups in total. The van der Waals surface area contributed by atoms with Crippen LogP contribution in [0.5, 0.6) is 0 Å². The van der Waals surface area contributed by atoms with Gasteiger partial charge < -0.3 is 118 Å². The van der Waals surface area contributed by atoms with Crippen LogP contribution in [0.15, 0.2) is 0 Å². The minimum Gasteiger partial charge on any atom is -0.479 e. The van der Waals surface area contributed by atoms with Gasteiger partial charge >= 0.3 is 23.9 Å². The molecule has 462 valence electrons. The third-order valence-electron chi connectivity index (χ3n) is 15.8. The number of ether oxygens (including phenoxy) is 12. The van der Waals surface area contributed by atoms with Crippen molar-refractivity contribution in [2.45, 2.75) is 157 Å². The monoisotopic (exact) mass is 1160 g/mol. The number of esters is 3. The topological polar surface area (TPSA) is 431 Å². The SMILES string of the molecule is CCC1C(C(=O)O)OC(COCC2C(O)C(CO)OC(COCC3C(NC(C)=O)C(COCC4C(CO)OC(COCC5C(CO)CC(COC)C(O)C5OC(C)=O)C(O)C4O)OC(CO)C3OC(C)=O)C2O)C(O)C1OC(C)=O. The normalized spacial score (nSPS) is 40.4. The molecule has 4 aliphatic heterocycles. The molecule has 0 bridgehead atoms. The quantitative estimate of drug-likeness (QED) is 0.0257. The standard InChI is InChI=1S/C51H85NO28/c1-7-28-48(75-24(4)59)46(66)39(80-50(28)51(67)68)21-73-17-32-42(62)34(11-55)78-37(43(32)63)19-72-16-31-40(52-22(2)57)36(79-35(12-56)47(31)74-23(3)58)18-71-15-30-33(10-54)77-38(45(65)44(30)64)20-70-14-29-26(9-53)8-27(13-69-6)41(61)49(29)76-25(5)60/h26-50,53-56,61-66H,7-21H2,1-6H3,(H,52,57)(H,67,68). The van der Waals surface area contributed by atoms with E-state index in [9.17, 15) is 80.1 Å². The third kappa shape index (κ3) is 17.1. The predicted octanol–water partition coefficient (Wildman–Crippen LogP) is -5.59. The first-order chi connectivity index (χ1) is 38.0. The summed E-state index contributed by atoms with van der Waals surface area (Å²) in [5, 5.41) is 122. The number of hydrogen-bond acceptors (Lipinski definition) is 27. The van der Waals surface area contributed by atoms with Crippen molar-refractivity contribution in [2.75, 3.05) is 93.0 Å². The zero-order valence-corrected chi connectivity index (χ0v) is 45.9. The average molecular weight is 1160 g/mol. The van der Waals surface area contributed by atoms with Crippen molar-refractivity contribution in [2.24, 2.45) is 41.4 Å². The van der Waals surface area contributed by atoms with Gasteiger partial charge in [0.05, 0.1) is 116 Å². The molecule has 5 fully saturated rings. The first-order valence-corrected chi connectivity index (χ1v) is 27.0. The Hall–Kier alpha value is -3.41. The van der Waals surface area contributed by atoms with Crippen LogP contribution in [0.3, 0.4) is 0 Å². The van der Waals surface area contributed by atoms with Crippen molar-refractivity contribution in [3.05, 3.63) is 0 Å². The maximum absolute atomic E-state index is 12.8. The van der Waals surface area contributed by atoms with Crippen molar-refractivity contribution in [1.82, 2.24) is 5.32 Å². The van der Waals surface area contributed by atoms with Crippen LogP contribution in [0, 0.1) is 41.4 Å². The highest BCUT2D eigenvalue weighted by Crippen LogP contribution is 2.38. The van der Waals surface area contributed by atoms with E-state index >= 15 is 0 Å². The molecule has 80 heavy (non-hydrogen) atoms. The van der Waals surface area contributed by atoms with Gasteiger partial charge in [0.2, 0.25) is 5.91 Å². The van der Waals surface area contributed by atoms with Crippen LogP contribution >= 0.6 is 0 Å². The molecule has 25 unspecified atom stereocenters. The van der Waals surface area contributed by atoms with Gasteiger partial charge in [-0.25, -0.2) is 4.79 Å². The summed E-state index contributed by atoms with van der Waals surface area (Å²) < 4.78 is 69.1. The molecule has 0 aromatic heterocycles. The lowest BCUT2D eigenvalue weighted by molar-refractivity contribution is -0.245. The highest BCUT2D eigenvalue weighted by Gasteiger charge is 2.53. The first kappa shape index (κ1) is 67.4. The minimum atomic E-state index is -1.59. The molecule has 25 atom stereocenters. The van der Waals surface area contributed by atoms with Gasteiger partial charge in [0.1, 0.15) is 67.1 Å². The molecule has 29 nitrogen and oxygen atoms in total. The summed E-state index contributed by atoms with van der Waals surface area (Å²) in [7, 11) is 1.46. The van der Waals surface area contributed by atoms with E-state index in [-0.39, 0.29) is 52.7 Å². The fourth-order valence-corrected chi connectivity index (χ4v) is 11.8. The molecule has 4 heterocycles. The van der Waals surface area contributed by atoms with Crippen LogP contribution in [0.2, 0.25) is 0 Å². The van der Waals surface area contributed by atoms with Crippen molar-refractivity contribution in [3.8, 4) is 0 Å². The Bertz CT molecular complexity index is 1940. The number of carbonyl (C=O) groups excluding carboxylic acids is 4. The molecule has 5 aliphatic rings. The fourth-order valence-electron chi connectivity index (χ4n) is 11.8. The molecule has 0 aromatic carbocycles. The number of carbonyl (C=O) groups is 5. The second-order valence-corrected chi connectivity index (χ2v) is 21.3. The van der Waals surface area contributed by atoms with E-state index in [4.69, 9.17) is 56.8 Å². The lowest BCUT2D eigenvalue weighted by atomic mass is 9.71.